The van der Waals surface area contributed by atoms with Crippen LogP contribution in [-0.2, 0) is 0 Å². The number of carbonyl (C=O) groups is 1. The maximum Gasteiger partial charge on any atom is 0.314 e. The molecule has 6 heteroatoms. The van der Waals surface area contributed by atoms with Crippen molar-refractivity contribution in [2.45, 2.75) is 19.1 Å². The quantitative estimate of drug-likeness (QED) is 0.723. The zero-order valence-electron chi connectivity index (χ0n) is 14.4. The zero-order chi connectivity index (χ0) is 18.2. The second kappa shape index (κ2) is 9.03. The Morgan fingerprint density at radius 1 is 1.12 bits per heavy atom. The number of urea groups is 1. The molecule has 0 heterocycles. The Morgan fingerprint density at radius 2 is 1.80 bits per heavy atom. The fourth-order valence-corrected chi connectivity index (χ4v) is 2.38. The first-order valence-corrected chi connectivity index (χ1v) is 8.20. The van der Waals surface area contributed by atoms with Gasteiger partial charge in [0.05, 0.1) is 6.10 Å². The van der Waals surface area contributed by atoms with Crippen molar-refractivity contribution in [2.24, 2.45) is 0 Å². The standard InChI is InChI=1S/C19H24FN3O2/c1-14(23(2)17-9-4-3-5-10-17)12-21-19(25)22-13-18(24)15-7-6-8-16(20)11-15/h3-11,14,18,24H,12-13H2,1-2H3,(H2,21,22,25). The normalized spacial score (nSPS) is 13.0. The summed E-state index contributed by atoms with van der Waals surface area (Å²) in [5, 5.41) is 15.4. The monoisotopic (exact) mass is 345 g/mol. The van der Waals surface area contributed by atoms with Crippen LogP contribution in [0.5, 0.6) is 0 Å². The first-order chi connectivity index (χ1) is 12.0. The van der Waals surface area contributed by atoms with Crippen molar-refractivity contribution in [1.82, 2.24) is 10.6 Å². The predicted octanol–water partition coefficient (Wildman–Crippen LogP) is 2.68. The number of carbonyl (C=O) groups excluding carboxylic acids is 1. The van der Waals surface area contributed by atoms with Crippen LogP contribution in [0.1, 0.15) is 18.6 Å². The minimum Gasteiger partial charge on any atom is -0.387 e. The van der Waals surface area contributed by atoms with Crippen LogP contribution >= 0.6 is 0 Å². The molecule has 0 spiro atoms. The first kappa shape index (κ1) is 18.7. The molecule has 0 aliphatic rings. The third-order valence-corrected chi connectivity index (χ3v) is 4.07. The summed E-state index contributed by atoms with van der Waals surface area (Å²) >= 11 is 0. The molecule has 2 rings (SSSR count). The molecule has 134 valence electrons. The molecule has 0 radical (unpaired) electrons. The van der Waals surface area contributed by atoms with Crippen LogP contribution in [0.3, 0.4) is 0 Å². The maximum absolute atomic E-state index is 13.1. The summed E-state index contributed by atoms with van der Waals surface area (Å²) in [5.74, 6) is -0.418. The molecular weight excluding hydrogens is 321 g/mol. The second-order valence-corrected chi connectivity index (χ2v) is 5.96. The maximum atomic E-state index is 13.1. The smallest absolute Gasteiger partial charge is 0.314 e. The Hall–Kier alpha value is -2.60. The number of hydrogen-bond acceptors (Lipinski definition) is 3. The van der Waals surface area contributed by atoms with Gasteiger partial charge in [0.25, 0.3) is 0 Å². The van der Waals surface area contributed by atoms with Crippen LogP contribution < -0.4 is 15.5 Å². The van der Waals surface area contributed by atoms with Gasteiger partial charge in [0, 0.05) is 31.9 Å². The van der Waals surface area contributed by atoms with E-state index in [-0.39, 0.29) is 18.6 Å². The molecule has 2 unspecified atom stereocenters. The molecule has 2 aromatic carbocycles. The third kappa shape index (κ3) is 5.76. The molecule has 0 bridgehead atoms. The van der Waals surface area contributed by atoms with Gasteiger partial charge in [0.1, 0.15) is 5.82 Å². The van der Waals surface area contributed by atoms with E-state index in [1.165, 1.54) is 18.2 Å². The van der Waals surface area contributed by atoms with E-state index in [0.29, 0.717) is 12.1 Å². The molecule has 5 nitrogen and oxygen atoms in total. The minimum absolute atomic E-state index is 0.0121. The summed E-state index contributed by atoms with van der Waals surface area (Å²) in [6, 6.07) is 15.3. The van der Waals surface area contributed by atoms with Crippen molar-refractivity contribution < 1.29 is 14.3 Å². The van der Waals surface area contributed by atoms with E-state index in [1.54, 1.807) is 6.07 Å². The van der Waals surface area contributed by atoms with Crippen LogP contribution in [0.2, 0.25) is 0 Å². The van der Waals surface area contributed by atoms with E-state index >= 15 is 0 Å². The average molecular weight is 345 g/mol. The number of nitrogens with zero attached hydrogens (tertiary/aromatic N) is 1. The Balaban J connectivity index is 1.75. The van der Waals surface area contributed by atoms with E-state index in [0.717, 1.165) is 5.69 Å². The molecule has 0 fully saturated rings. The highest BCUT2D eigenvalue weighted by Crippen LogP contribution is 2.14. The highest BCUT2D eigenvalue weighted by Gasteiger charge is 2.13. The van der Waals surface area contributed by atoms with Crippen molar-refractivity contribution in [3.8, 4) is 0 Å². The topological polar surface area (TPSA) is 64.6 Å². The lowest BCUT2D eigenvalue weighted by Gasteiger charge is -2.27. The van der Waals surface area contributed by atoms with Crippen molar-refractivity contribution in [2.75, 3.05) is 25.0 Å². The number of benzene rings is 2. The Labute approximate surface area is 147 Å². The Morgan fingerprint density at radius 3 is 2.48 bits per heavy atom. The molecule has 25 heavy (non-hydrogen) atoms. The number of rotatable bonds is 7. The summed E-state index contributed by atoms with van der Waals surface area (Å²) in [7, 11) is 1.97. The number of aliphatic hydroxyl groups excluding tert-OH is 1. The predicted molar refractivity (Wildman–Crippen MR) is 97.1 cm³/mol. The Bertz CT molecular complexity index is 681. The zero-order valence-corrected chi connectivity index (χ0v) is 14.4. The Kier molecular flexibility index (Phi) is 6.77. The van der Waals surface area contributed by atoms with Gasteiger partial charge >= 0.3 is 6.03 Å². The molecule has 0 aromatic heterocycles. The van der Waals surface area contributed by atoms with Crippen molar-refractivity contribution in [1.29, 1.82) is 0 Å². The molecule has 0 aliphatic carbocycles. The lowest BCUT2D eigenvalue weighted by molar-refractivity contribution is 0.172. The number of amides is 2. The van der Waals surface area contributed by atoms with Crippen LogP contribution in [-0.4, -0.2) is 37.3 Å². The summed E-state index contributed by atoms with van der Waals surface area (Å²) in [6.07, 6.45) is -0.953. The number of likely N-dealkylation sites (N-methyl/N-ethyl adjacent to an activating group) is 1. The summed E-state index contributed by atoms with van der Waals surface area (Å²) in [6.45, 7) is 2.47. The molecule has 2 amide bonds. The number of hydrogen-bond donors (Lipinski definition) is 3. The largest absolute Gasteiger partial charge is 0.387 e. The fraction of sp³-hybridized carbons (Fsp3) is 0.316. The highest BCUT2D eigenvalue weighted by atomic mass is 19.1. The third-order valence-electron chi connectivity index (χ3n) is 4.07. The van der Waals surface area contributed by atoms with Gasteiger partial charge in [0.2, 0.25) is 0 Å². The summed E-state index contributed by atoms with van der Waals surface area (Å²) < 4.78 is 13.1. The van der Waals surface area contributed by atoms with Crippen molar-refractivity contribution >= 4 is 11.7 Å². The van der Waals surface area contributed by atoms with Gasteiger partial charge in [-0.15, -0.1) is 0 Å². The van der Waals surface area contributed by atoms with Crippen molar-refractivity contribution in [3.63, 3.8) is 0 Å². The van der Waals surface area contributed by atoms with E-state index in [2.05, 4.69) is 15.5 Å². The van der Waals surface area contributed by atoms with Crippen LogP contribution in [0.4, 0.5) is 14.9 Å². The number of para-hydroxylation sites is 1. The lowest BCUT2D eigenvalue weighted by Crippen LogP contribution is -2.44. The molecule has 0 saturated heterocycles. The summed E-state index contributed by atoms with van der Waals surface area (Å²) in [5.41, 5.74) is 1.50. The van der Waals surface area contributed by atoms with Crippen molar-refractivity contribution in [3.05, 3.63) is 66.0 Å². The van der Waals surface area contributed by atoms with Gasteiger partial charge in [0.15, 0.2) is 0 Å². The van der Waals surface area contributed by atoms with Gasteiger partial charge in [-0.05, 0) is 36.8 Å². The molecule has 2 aromatic rings. The number of halogens is 1. The van der Waals surface area contributed by atoms with E-state index < -0.39 is 11.9 Å². The van der Waals surface area contributed by atoms with Gasteiger partial charge in [-0.25, -0.2) is 9.18 Å². The number of anilines is 1. The van der Waals surface area contributed by atoms with Gasteiger partial charge in [-0.1, -0.05) is 30.3 Å². The number of aliphatic hydroxyl groups is 1. The van der Waals surface area contributed by atoms with Crippen LogP contribution in [0.15, 0.2) is 54.6 Å². The van der Waals surface area contributed by atoms with Crippen LogP contribution in [0.25, 0.3) is 0 Å². The summed E-state index contributed by atoms with van der Waals surface area (Å²) in [4.78, 5) is 14.0. The average Bonchev–Trinajstić information content (AvgIpc) is 2.64. The van der Waals surface area contributed by atoms with E-state index in [4.69, 9.17) is 0 Å². The minimum atomic E-state index is -0.953. The molecular formula is C19H24FN3O2. The second-order valence-electron chi connectivity index (χ2n) is 5.96. The molecule has 0 aliphatic heterocycles. The molecule has 0 saturated carbocycles. The van der Waals surface area contributed by atoms with Gasteiger partial charge in [-0.2, -0.15) is 0 Å². The highest BCUT2D eigenvalue weighted by molar-refractivity contribution is 5.74. The van der Waals surface area contributed by atoms with E-state index in [1.807, 2.05) is 44.3 Å². The molecule has 3 N–H and O–H groups in total. The molecule has 2 atom stereocenters. The van der Waals surface area contributed by atoms with Gasteiger partial charge < -0.3 is 20.6 Å². The van der Waals surface area contributed by atoms with Crippen LogP contribution in [0, 0.1) is 5.82 Å². The SMILES string of the molecule is CC(CNC(=O)NCC(O)c1cccc(F)c1)N(C)c1ccccc1. The first-order valence-electron chi connectivity index (χ1n) is 8.20. The van der Waals surface area contributed by atoms with E-state index in [9.17, 15) is 14.3 Å². The van der Waals surface area contributed by atoms with Gasteiger partial charge in [-0.3, -0.25) is 0 Å². The lowest BCUT2D eigenvalue weighted by atomic mass is 10.1. The number of nitrogens with one attached hydrogen (secondary N) is 2. The fourth-order valence-electron chi connectivity index (χ4n) is 2.38.